The van der Waals surface area contributed by atoms with Gasteiger partial charge in [-0.25, -0.2) is 4.79 Å². The molecule has 1 aromatic rings. The number of aryl methyl sites for hydroxylation is 1. The highest BCUT2D eigenvalue weighted by molar-refractivity contribution is 5.93. The van der Waals surface area contributed by atoms with Crippen molar-refractivity contribution in [2.75, 3.05) is 13.7 Å². The molecule has 0 aliphatic heterocycles. The Balaban J connectivity index is 2.74. The molecule has 0 saturated heterocycles. The van der Waals surface area contributed by atoms with E-state index in [1.165, 1.54) is 25.3 Å². The summed E-state index contributed by atoms with van der Waals surface area (Å²) in [6, 6.07) is 1.53. The van der Waals surface area contributed by atoms with Crippen LogP contribution in [-0.4, -0.2) is 25.5 Å². The van der Waals surface area contributed by atoms with E-state index >= 15 is 0 Å². The summed E-state index contributed by atoms with van der Waals surface area (Å²) in [7, 11) is 1.30. The number of hydrogen-bond donors (Lipinski definition) is 1. The van der Waals surface area contributed by atoms with Gasteiger partial charge in [-0.1, -0.05) is 6.08 Å². The summed E-state index contributed by atoms with van der Waals surface area (Å²) < 4.78 is 9.90. The Morgan fingerprint density at radius 3 is 2.89 bits per heavy atom. The van der Waals surface area contributed by atoms with Gasteiger partial charge in [-0.15, -0.1) is 6.58 Å². The molecule has 1 aromatic heterocycles. The van der Waals surface area contributed by atoms with Crippen molar-refractivity contribution in [3.63, 3.8) is 0 Å². The van der Waals surface area contributed by atoms with E-state index in [2.05, 4.69) is 16.6 Å². The minimum absolute atomic E-state index is 0.261. The molecule has 1 heterocycles. The zero-order valence-electron chi connectivity index (χ0n) is 10.4. The van der Waals surface area contributed by atoms with Crippen molar-refractivity contribution in [2.24, 2.45) is 0 Å². The van der Waals surface area contributed by atoms with E-state index in [9.17, 15) is 9.59 Å². The van der Waals surface area contributed by atoms with Crippen molar-refractivity contribution in [2.45, 2.75) is 6.92 Å². The minimum atomic E-state index is -0.466. The molecule has 1 rings (SSSR count). The fraction of sp³-hybridized carbons (Fsp3) is 0.231. The molecule has 5 heteroatoms. The number of hydrogen-bond acceptors (Lipinski definition) is 4. The van der Waals surface area contributed by atoms with Crippen LogP contribution in [0.5, 0.6) is 0 Å². The van der Waals surface area contributed by atoms with Crippen LogP contribution in [0, 0.1) is 6.92 Å². The van der Waals surface area contributed by atoms with E-state index in [0.29, 0.717) is 23.6 Å². The molecule has 0 saturated carbocycles. The Labute approximate surface area is 105 Å². The predicted molar refractivity (Wildman–Crippen MR) is 67.0 cm³/mol. The summed E-state index contributed by atoms with van der Waals surface area (Å²) in [6.07, 6.45) is 4.39. The summed E-state index contributed by atoms with van der Waals surface area (Å²) in [4.78, 5) is 22.6. The second kappa shape index (κ2) is 6.44. The fourth-order valence-corrected chi connectivity index (χ4v) is 1.29. The average molecular weight is 249 g/mol. The van der Waals surface area contributed by atoms with Crippen LogP contribution >= 0.6 is 0 Å². The van der Waals surface area contributed by atoms with Crippen LogP contribution in [0.3, 0.4) is 0 Å². The van der Waals surface area contributed by atoms with E-state index in [1.54, 1.807) is 13.0 Å². The SMILES string of the molecule is C=CCNC(=O)C=Cc1cc(C(=O)OC)c(C)o1. The molecule has 96 valence electrons. The van der Waals surface area contributed by atoms with Crippen LogP contribution in [0.2, 0.25) is 0 Å². The summed E-state index contributed by atoms with van der Waals surface area (Å²) >= 11 is 0. The standard InChI is InChI=1S/C13H15NO4/c1-4-7-14-12(15)6-5-10-8-11(9(2)18-10)13(16)17-3/h4-6,8H,1,7H2,2-3H3,(H,14,15). The number of nitrogens with one attached hydrogen (secondary N) is 1. The molecule has 0 aliphatic rings. The largest absolute Gasteiger partial charge is 0.465 e. The highest BCUT2D eigenvalue weighted by atomic mass is 16.5. The Hall–Kier alpha value is -2.30. The first-order valence-corrected chi connectivity index (χ1v) is 5.34. The summed E-state index contributed by atoms with van der Waals surface area (Å²) in [5, 5.41) is 2.58. The predicted octanol–water partition coefficient (Wildman–Crippen LogP) is 1.69. The Morgan fingerprint density at radius 1 is 1.56 bits per heavy atom. The topological polar surface area (TPSA) is 68.5 Å². The lowest BCUT2D eigenvalue weighted by molar-refractivity contribution is -0.116. The second-order valence-corrected chi connectivity index (χ2v) is 3.48. The van der Waals surface area contributed by atoms with Gasteiger partial charge in [0.15, 0.2) is 0 Å². The number of ether oxygens (including phenoxy) is 1. The molecule has 0 aliphatic carbocycles. The number of carbonyl (C=O) groups excluding carboxylic acids is 2. The number of carbonyl (C=O) groups is 2. The van der Waals surface area contributed by atoms with Crippen molar-refractivity contribution < 1.29 is 18.7 Å². The summed E-state index contributed by atoms with van der Waals surface area (Å²) in [6.45, 7) is 5.54. The van der Waals surface area contributed by atoms with Crippen molar-refractivity contribution in [1.29, 1.82) is 0 Å². The molecule has 0 unspecified atom stereocenters. The van der Waals surface area contributed by atoms with Gasteiger partial charge in [0.05, 0.1) is 7.11 Å². The third kappa shape index (κ3) is 3.62. The molecule has 0 spiro atoms. The number of methoxy groups -OCH3 is 1. The maximum Gasteiger partial charge on any atom is 0.341 e. The molecule has 0 fully saturated rings. The van der Waals surface area contributed by atoms with Gasteiger partial charge in [-0.2, -0.15) is 0 Å². The Morgan fingerprint density at radius 2 is 2.28 bits per heavy atom. The maximum atomic E-state index is 11.3. The molecule has 5 nitrogen and oxygen atoms in total. The van der Waals surface area contributed by atoms with Gasteiger partial charge in [0.2, 0.25) is 5.91 Å². The zero-order valence-corrected chi connectivity index (χ0v) is 10.4. The lowest BCUT2D eigenvalue weighted by Crippen LogP contribution is -2.20. The van der Waals surface area contributed by atoms with Gasteiger partial charge in [0.1, 0.15) is 17.1 Å². The molecule has 0 aromatic carbocycles. The fourth-order valence-electron chi connectivity index (χ4n) is 1.29. The van der Waals surface area contributed by atoms with Gasteiger partial charge in [-0.3, -0.25) is 4.79 Å². The van der Waals surface area contributed by atoms with E-state index < -0.39 is 5.97 Å². The first-order chi connectivity index (χ1) is 8.58. The summed E-state index contributed by atoms with van der Waals surface area (Å²) in [5.41, 5.74) is 0.351. The molecule has 1 amide bonds. The Kier molecular flexibility index (Phi) is 4.92. The van der Waals surface area contributed by atoms with Crippen molar-refractivity contribution in [3.05, 3.63) is 41.9 Å². The summed E-state index contributed by atoms with van der Waals surface area (Å²) in [5.74, 6) is 0.144. The number of furan rings is 1. The molecule has 0 bridgehead atoms. The van der Waals surface area contributed by atoms with Crippen LogP contribution in [-0.2, 0) is 9.53 Å². The number of esters is 1. The molecule has 18 heavy (non-hydrogen) atoms. The van der Waals surface area contributed by atoms with Crippen LogP contribution in [0.15, 0.2) is 29.2 Å². The molecule has 0 radical (unpaired) electrons. The second-order valence-electron chi connectivity index (χ2n) is 3.48. The van der Waals surface area contributed by atoms with Crippen LogP contribution in [0.1, 0.15) is 21.9 Å². The van der Waals surface area contributed by atoms with Crippen LogP contribution in [0.4, 0.5) is 0 Å². The van der Waals surface area contributed by atoms with E-state index in [-0.39, 0.29) is 5.91 Å². The van der Waals surface area contributed by atoms with E-state index in [1.807, 2.05) is 0 Å². The van der Waals surface area contributed by atoms with E-state index in [0.717, 1.165) is 0 Å². The molecule has 1 N–H and O–H groups in total. The van der Waals surface area contributed by atoms with Crippen LogP contribution in [0.25, 0.3) is 6.08 Å². The monoisotopic (exact) mass is 249 g/mol. The van der Waals surface area contributed by atoms with Gasteiger partial charge >= 0.3 is 5.97 Å². The van der Waals surface area contributed by atoms with Crippen molar-refractivity contribution >= 4 is 18.0 Å². The normalized spacial score (nSPS) is 10.3. The first-order valence-electron chi connectivity index (χ1n) is 5.34. The number of amides is 1. The van der Waals surface area contributed by atoms with Crippen LogP contribution < -0.4 is 5.32 Å². The quantitative estimate of drug-likeness (QED) is 0.490. The van der Waals surface area contributed by atoms with Crippen molar-refractivity contribution in [1.82, 2.24) is 5.32 Å². The minimum Gasteiger partial charge on any atom is -0.465 e. The third-order valence-corrected chi connectivity index (χ3v) is 2.16. The van der Waals surface area contributed by atoms with E-state index in [4.69, 9.17) is 4.42 Å². The zero-order chi connectivity index (χ0) is 13.5. The van der Waals surface area contributed by atoms with Gasteiger partial charge < -0.3 is 14.5 Å². The maximum absolute atomic E-state index is 11.3. The lowest BCUT2D eigenvalue weighted by Gasteiger charge is -1.94. The number of rotatable bonds is 5. The Bertz CT molecular complexity index is 485. The molecular weight excluding hydrogens is 234 g/mol. The van der Waals surface area contributed by atoms with Gasteiger partial charge in [-0.05, 0) is 19.1 Å². The highest BCUT2D eigenvalue weighted by Crippen LogP contribution is 2.16. The van der Waals surface area contributed by atoms with Gasteiger partial charge in [0, 0.05) is 12.6 Å². The van der Waals surface area contributed by atoms with Gasteiger partial charge in [0.25, 0.3) is 0 Å². The molecule has 0 atom stereocenters. The molecular formula is C13H15NO4. The highest BCUT2D eigenvalue weighted by Gasteiger charge is 2.13. The smallest absolute Gasteiger partial charge is 0.341 e. The first kappa shape index (κ1) is 13.8. The third-order valence-electron chi connectivity index (χ3n) is 2.16. The average Bonchev–Trinajstić information content (AvgIpc) is 2.74. The lowest BCUT2D eigenvalue weighted by atomic mass is 10.2. The van der Waals surface area contributed by atoms with Crippen molar-refractivity contribution in [3.8, 4) is 0 Å².